The van der Waals surface area contributed by atoms with Crippen LogP contribution in [0.1, 0.15) is 36.0 Å². The average molecular weight is 408 g/mol. The molecule has 0 radical (unpaired) electrons. The van der Waals surface area contributed by atoms with E-state index in [2.05, 4.69) is 37.2 Å². The van der Waals surface area contributed by atoms with Gasteiger partial charge in [-0.2, -0.15) is 0 Å². The van der Waals surface area contributed by atoms with Crippen molar-refractivity contribution in [2.75, 3.05) is 11.9 Å². The number of carbonyl (C=O) groups excluding carboxylic acids is 1. The van der Waals surface area contributed by atoms with Crippen LogP contribution in [0.4, 0.5) is 5.69 Å². The fourth-order valence-electron chi connectivity index (χ4n) is 1.69. The van der Waals surface area contributed by atoms with Gasteiger partial charge in [0, 0.05) is 34.0 Å². The van der Waals surface area contributed by atoms with Crippen LogP contribution in [0, 0.1) is 10.1 Å². The van der Waals surface area contributed by atoms with Gasteiger partial charge >= 0.3 is 0 Å². The molecule has 0 unspecified atom stereocenters. The van der Waals surface area contributed by atoms with E-state index >= 15 is 0 Å². The maximum atomic E-state index is 11.9. The van der Waals surface area contributed by atoms with E-state index in [-0.39, 0.29) is 11.6 Å². The van der Waals surface area contributed by atoms with E-state index in [4.69, 9.17) is 0 Å². The topological polar surface area (TPSA) is 72.2 Å². The number of nitrogens with one attached hydrogen (secondary N) is 1. The standard InChI is InChI=1S/C13H16Br2N2O3/c14-5-3-1-2-4-6-16-13(18)10-7-11(15)9-12(8-10)17(19)20/h7-9H,1-6H2,(H,16,18). The van der Waals surface area contributed by atoms with Crippen LogP contribution < -0.4 is 5.32 Å². The molecule has 0 saturated heterocycles. The number of alkyl halides is 1. The first-order valence-electron chi connectivity index (χ1n) is 6.33. The molecular formula is C13H16Br2N2O3. The lowest BCUT2D eigenvalue weighted by Crippen LogP contribution is -2.24. The first-order valence-corrected chi connectivity index (χ1v) is 8.25. The number of hydrogen-bond donors (Lipinski definition) is 1. The van der Waals surface area contributed by atoms with Crippen LogP contribution in [0.3, 0.4) is 0 Å². The zero-order chi connectivity index (χ0) is 15.0. The highest BCUT2D eigenvalue weighted by Gasteiger charge is 2.13. The molecule has 20 heavy (non-hydrogen) atoms. The smallest absolute Gasteiger partial charge is 0.271 e. The summed E-state index contributed by atoms with van der Waals surface area (Å²) in [5.41, 5.74) is 0.202. The second-order valence-corrected chi connectivity index (χ2v) is 6.02. The molecule has 0 aromatic heterocycles. The van der Waals surface area contributed by atoms with Crippen LogP contribution in [0.5, 0.6) is 0 Å². The number of nitrogens with zero attached hydrogens (tertiary/aromatic N) is 1. The number of non-ortho nitro benzene ring substituents is 1. The third-order valence-electron chi connectivity index (χ3n) is 2.70. The molecule has 5 nitrogen and oxygen atoms in total. The molecule has 1 amide bonds. The van der Waals surface area contributed by atoms with Crippen LogP contribution in [0.2, 0.25) is 0 Å². The predicted octanol–water partition coefficient (Wildman–Crippen LogP) is 4.04. The lowest BCUT2D eigenvalue weighted by atomic mass is 10.1. The van der Waals surface area contributed by atoms with E-state index in [1.807, 2.05) is 0 Å². The van der Waals surface area contributed by atoms with Crippen molar-refractivity contribution in [2.24, 2.45) is 0 Å². The third-order valence-corrected chi connectivity index (χ3v) is 3.72. The van der Waals surface area contributed by atoms with Gasteiger partial charge in [0.25, 0.3) is 11.6 Å². The quantitative estimate of drug-likeness (QED) is 0.306. The molecular weight excluding hydrogens is 392 g/mol. The van der Waals surface area contributed by atoms with E-state index in [1.165, 1.54) is 12.1 Å². The highest BCUT2D eigenvalue weighted by molar-refractivity contribution is 9.10. The Bertz CT molecular complexity index is 481. The first kappa shape index (κ1) is 17.1. The molecule has 110 valence electrons. The Balaban J connectivity index is 2.49. The van der Waals surface area contributed by atoms with Crippen LogP contribution in [0.25, 0.3) is 0 Å². The lowest BCUT2D eigenvalue weighted by molar-refractivity contribution is -0.385. The first-order chi connectivity index (χ1) is 9.54. The van der Waals surface area contributed by atoms with E-state index < -0.39 is 4.92 Å². The van der Waals surface area contributed by atoms with Gasteiger partial charge in [-0.1, -0.05) is 44.7 Å². The van der Waals surface area contributed by atoms with Crippen molar-refractivity contribution < 1.29 is 9.72 Å². The Hall–Kier alpha value is -0.950. The van der Waals surface area contributed by atoms with Gasteiger partial charge in [0.1, 0.15) is 0 Å². The Kier molecular flexibility index (Phi) is 7.76. The molecule has 1 N–H and O–H groups in total. The molecule has 0 saturated carbocycles. The fourth-order valence-corrected chi connectivity index (χ4v) is 2.57. The van der Waals surface area contributed by atoms with Crippen LogP contribution in [-0.4, -0.2) is 22.7 Å². The summed E-state index contributed by atoms with van der Waals surface area (Å²) in [6.07, 6.45) is 4.23. The number of nitro groups is 1. The monoisotopic (exact) mass is 406 g/mol. The van der Waals surface area contributed by atoms with Crippen molar-refractivity contribution in [2.45, 2.75) is 25.7 Å². The number of amides is 1. The minimum Gasteiger partial charge on any atom is -0.352 e. The number of benzene rings is 1. The zero-order valence-corrected chi connectivity index (χ0v) is 14.1. The SMILES string of the molecule is O=C(NCCCCCCBr)c1cc(Br)cc([N+](=O)[O-])c1. The number of rotatable bonds is 8. The van der Waals surface area contributed by atoms with Gasteiger partial charge in [0.2, 0.25) is 0 Å². The normalized spacial score (nSPS) is 10.3. The molecule has 0 aliphatic heterocycles. The van der Waals surface area contributed by atoms with Crippen molar-refractivity contribution >= 4 is 43.5 Å². The summed E-state index contributed by atoms with van der Waals surface area (Å²) in [4.78, 5) is 22.1. The molecule has 0 aliphatic carbocycles. The number of carbonyl (C=O) groups is 1. The maximum Gasteiger partial charge on any atom is 0.271 e. The summed E-state index contributed by atoms with van der Waals surface area (Å²) in [5, 5.41) is 14.5. The van der Waals surface area contributed by atoms with Crippen LogP contribution >= 0.6 is 31.9 Å². The summed E-state index contributed by atoms with van der Waals surface area (Å²) in [6.45, 7) is 0.585. The van der Waals surface area contributed by atoms with Crippen LogP contribution in [-0.2, 0) is 0 Å². The van der Waals surface area contributed by atoms with Crippen molar-refractivity contribution in [3.8, 4) is 0 Å². The van der Waals surface area contributed by atoms with Gasteiger partial charge in [-0.05, 0) is 18.9 Å². The molecule has 0 spiro atoms. The molecule has 1 aromatic carbocycles. The fraction of sp³-hybridized carbons (Fsp3) is 0.462. The highest BCUT2D eigenvalue weighted by atomic mass is 79.9. The zero-order valence-electron chi connectivity index (χ0n) is 10.9. The molecule has 0 fully saturated rings. The van der Waals surface area contributed by atoms with E-state index in [1.54, 1.807) is 6.07 Å². The summed E-state index contributed by atoms with van der Waals surface area (Å²) in [5.74, 6) is -0.283. The minimum absolute atomic E-state index is 0.0955. The van der Waals surface area contributed by atoms with Crippen LogP contribution in [0.15, 0.2) is 22.7 Å². The van der Waals surface area contributed by atoms with Gasteiger partial charge in [0.15, 0.2) is 0 Å². The van der Waals surface area contributed by atoms with Crippen molar-refractivity contribution in [3.05, 3.63) is 38.3 Å². The number of unbranched alkanes of at least 4 members (excludes halogenated alkanes) is 3. The molecule has 0 heterocycles. The summed E-state index contributed by atoms with van der Waals surface area (Å²) in [7, 11) is 0. The van der Waals surface area contributed by atoms with E-state index in [0.29, 0.717) is 16.6 Å². The van der Waals surface area contributed by atoms with E-state index in [0.717, 1.165) is 31.0 Å². The molecule has 0 atom stereocenters. The molecule has 7 heteroatoms. The van der Waals surface area contributed by atoms with Crippen molar-refractivity contribution in [1.82, 2.24) is 5.32 Å². The molecule has 0 bridgehead atoms. The second-order valence-electron chi connectivity index (χ2n) is 4.31. The van der Waals surface area contributed by atoms with Gasteiger partial charge in [0.05, 0.1) is 4.92 Å². The highest BCUT2D eigenvalue weighted by Crippen LogP contribution is 2.21. The van der Waals surface area contributed by atoms with E-state index in [9.17, 15) is 14.9 Å². The minimum atomic E-state index is -0.512. The number of halogens is 2. The molecule has 1 aromatic rings. The van der Waals surface area contributed by atoms with Crippen molar-refractivity contribution in [3.63, 3.8) is 0 Å². The Morgan fingerprint density at radius 1 is 1.20 bits per heavy atom. The maximum absolute atomic E-state index is 11.9. The predicted molar refractivity (Wildman–Crippen MR) is 85.4 cm³/mol. The Morgan fingerprint density at radius 3 is 2.55 bits per heavy atom. The Labute approximate surface area is 134 Å². The van der Waals surface area contributed by atoms with Gasteiger partial charge in [-0.15, -0.1) is 0 Å². The van der Waals surface area contributed by atoms with Gasteiger partial charge in [-0.25, -0.2) is 0 Å². The van der Waals surface area contributed by atoms with Gasteiger partial charge < -0.3 is 5.32 Å². The van der Waals surface area contributed by atoms with Gasteiger partial charge in [-0.3, -0.25) is 14.9 Å². The third kappa shape index (κ3) is 6.00. The Morgan fingerprint density at radius 2 is 1.90 bits per heavy atom. The summed E-state index contributed by atoms with van der Waals surface area (Å²) in [6, 6.07) is 4.23. The average Bonchev–Trinajstić information content (AvgIpc) is 2.41. The number of hydrogen-bond acceptors (Lipinski definition) is 3. The second kappa shape index (κ2) is 9.07. The largest absolute Gasteiger partial charge is 0.352 e. The molecule has 1 rings (SSSR count). The molecule has 0 aliphatic rings. The summed E-state index contributed by atoms with van der Waals surface area (Å²) < 4.78 is 0.522. The number of nitro benzene ring substituents is 1. The summed E-state index contributed by atoms with van der Waals surface area (Å²) >= 11 is 6.54. The van der Waals surface area contributed by atoms with Crippen molar-refractivity contribution in [1.29, 1.82) is 0 Å². The lowest BCUT2D eigenvalue weighted by Gasteiger charge is -2.05.